The van der Waals surface area contributed by atoms with Gasteiger partial charge in [-0.2, -0.15) is 11.8 Å². The van der Waals surface area contributed by atoms with Crippen molar-refractivity contribution in [3.05, 3.63) is 0 Å². The highest BCUT2D eigenvalue weighted by atomic mass is 32.2. The lowest BCUT2D eigenvalue weighted by Crippen LogP contribution is -2.43. The molecule has 1 atom stereocenters. The first kappa shape index (κ1) is 16.3. The van der Waals surface area contributed by atoms with Gasteiger partial charge in [0.1, 0.15) is 6.04 Å². The summed E-state index contributed by atoms with van der Waals surface area (Å²) < 4.78 is 5.43. The Labute approximate surface area is 118 Å². The number of aliphatic carboxylic acids is 1. The molecule has 5 nitrogen and oxygen atoms in total. The van der Waals surface area contributed by atoms with E-state index in [1.807, 2.05) is 13.2 Å². The molecule has 2 N–H and O–H groups in total. The van der Waals surface area contributed by atoms with E-state index in [4.69, 9.17) is 9.84 Å². The van der Waals surface area contributed by atoms with Gasteiger partial charge < -0.3 is 15.2 Å². The van der Waals surface area contributed by atoms with Gasteiger partial charge in [0.2, 0.25) is 5.91 Å². The maximum atomic E-state index is 11.8. The van der Waals surface area contributed by atoms with Gasteiger partial charge in [-0.15, -0.1) is 0 Å². The lowest BCUT2D eigenvalue weighted by Gasteiger charge is -2.34. The first-order valence-electron chi connectivity index (χ1n) is 6.69. The van der Waals surface area contributed by atoms with Gasteiger partial charge >= 0.3 is 5.97 Å². The molecule has 0 heterocycles. The average molecular weight is 289 g/mol. The minimum atomic E-state index is -0.955. The molecule has 1 rings (SSSR count). The van der Waals surface area contributed by atoms with Gasteiger partial charge in [-0.25, -0.2) is 4.79 Å². The summed E-state index contributed by atoms with van der Waals surface area (Å²) >= 11 is 1.58. The van der Waals surface area contributed by atoms with Gasteiger partial charge in [0.25, 0.3) is 0 Å². The lowest BCUT2D eigenvalue weighted by atomic mass is 9.80. The number of rotatable bonds is 9. The van der Waals surface area contributed by atoms with E-state index in [1.54, 1.807) is 11.8 Å². The van der Waals surface area contributed by atoms with Crippen LogP contribution in [-0.2, 0) is 14.3 Å². The van der Waals surface area contributed by atoms with Crippen molar-refractivity contribution < 1.29 is 19.4 Å². The number of carbonyl (C=O) groups is 2. The van der Waals surface area contributed by atoms with E-state index in [2.05, 4.69) is 5.32 Å². The summed E-state index contributed by atoms with van der Waals surface area (Å²) in [5.41, 5.74) is 0. The number of thioether (sulfide) groups is 1. The summed E-state index contributed by atoms with van der Waals surface area (Å²) in [6.07, 6.45) is 4.90. The highest BCUT2D eigenvalue weighted by Crippen LogP contribution is 2.32. The van der Waals surface area contributed by atoms with Gasteiger partial charge in [0.05, 0.1) is 6.10 Å². The van der Waals surface area contributed by atoms with E-state index < -0.39 is 12.0 Å². The number of carbonyl (C=O) groups excluding carboxylic acids is 1. The van der Waals surface area contributed by atoms with Crippen LogP contribution in [0.1, 0.15) is 32.6 Å². The molecule has 110 valence electrons. The predicted octanol–water partition coefficient (Wildman–Crippen LogP) is 1.51. The molecule has 1 amide bonds. The van der Waals surface area contributed by atoms with Crippen molar-refractivity contribution in [1.29, 1.82) is 0 Å². The first-order valence-corrected chi connectivity index (χ1v) is 8.08. The molecule has 0 aromatic rings. The van der Waals surface area contributed by atoms with Crippen LogP contribution < -0.4 is 5.32 Å². The average Bonchev–Trinajstić information content (AvgIpc) is 2.31. The zero-order valence-corrected chi connectivity index (χ0v) is 12.4. The van der Waals surface area contributed by atoms with Crippen LogP contribution in [0.3, 0.4) is 0 Å². The maximum Gasteiger partial charge on any atom is 0.326 e. The van der Waals surface area contributed by atoms with Crippen LogP contribution in [-0.4, -0.2) is 47.7 Å². The molecule has 19 heavy (non-hydrogen) atoms. The van der Waals surface area contributed by atoms with Crippen LogP contribution in [0.2, 0.25) is 0 Å². The summed E-state index contributed by atoms with van der Waals surface area (Å²) in [5.74, 6) is -0.0456. The van der Waals surface area contributed by atoms with Gasteiger partial charge in [0.15, 0.2) is 0 Å². The fourth-order valence-electron chi connectivity index (χ4n) is 2.22. The third-order valence-electron chi connectivity index (χ3n) is 3.31. The van der Waals surface area contributed by atoms with Crippen molar-refractivity contribution in [1.82, 2.24) is 5.32 Å². The number of amides is 1. The SMILES string of the molecule is CCOC1CC(CC(=O)N[C@@H](CCSC)C(=O)O)C1. The molecule has 0 radical (unpaired) electrons. The standard InChI is InChI=1S/C13H23NO4S/c1-3-18-10-6-9(7-10)8-12(15)14-11(13(16)17)4-5-19-2/h9-11H,3-8H2,1-2H3,(H,14,15)(H,16,17)/t9?,10?,11-/m0/s1. The second kappa shape index (κ2) is 8.43. The molecule has 6 heteroatoms. The van der Waals surface area contributed by atoms with E-state index in [9.17, 15) is 9.59 Å². The summed E-state index contributed by atoms with van der Waals surface area (Å²) in [6.45, 7) is 2.67. The van der Waals surface area contributed by atoms with E-state index in [0.717, 1.165) is 18.6 Å². The first-order chi connectivity index (χ1) is 9.06. The topological polar surface area (TPSA) is 75.6 Å². The molecular weight excluding hydrogens is 266 g/mol. The third kappa shape index (κ3) is 5.82. The highest BCUT2D eigenvalue weighted by Gasteiger charge is 2.31. The van der Waals surface area contributed by atoms with E-state index in [-0.39, 0.29) is 12.0 Å². The van der Waals surface area contributed by atoms with Crippen LogP contribution in [0.15, 0.2) is 0 Å². The van der Waals surface area contributed by atoms with Crippen LogP contribution in [0.5, 0.6) is 0 Å². The Morgan fingerprint density at radius 1 is 1.47 bits per heavy atom. The largest absolute Gasteiger partial charge is 0.480 e. The fraction of sp³-hybridized carbons (Fsp3) is 0.846. The molecule has 1 aliphatic carbocycles. The normalized spacial score (nSPS) is 23.5. The molecule has 1 saturated carbocycles. The summed E-state index contributed by atoms with van der Waals surface area (Å²) in [5, 5.41) is 11.6. The smallest absolute Gasteiger partial charge is 0.326 e. The number of carboxylic acid groups (broad SMARTS) is 1. The molecule has 0 aliphatic heterocycles. The van der Waals surface area contributed by atoms with Gasteiger partial charge in [-0.3, -0.25) is 4.79 Å². The summed E-state index contributed by atoms with van der Waals surface area (Å²) in [4.78, 5) is 22.8. The molecule has 1 fully saturated rings. The van der Waals surface area contributed by atoms with Crippen LogP contribution in [0.25, 0.3) is 0 Å². The van der Waals surface area contributed by atoms with E-state index in [1.165, 1.54) is 0 Å². The zero-order chi connectivity index (χ0) is 14.3. The van der Waals surface area contributed by atoms with Crippen molar-refractivity contribution in [3.8, 4) is 0 Å². The number of carboxylic acids is 1. The van der Waals surface area contributed by atoms with Crippen LogP contribution in [0.4, 0.5) is 0 Å². The van der Waals surface area contributed by atoms with Crippen LogP contribution >= 0.6 is 11.8 Å². The van der Waals surface area contributed by atoms with E-state index >= 15 is 0 Å². The van der Waals surface area contributed by atoms with E-state index in [0.29, 0.717) is 25.4 Å². The van der Waals surface area contributed by atoms with Gasteiger partial charge in [-0.05, 0) is 44.1 Å². The molecule has 0 aromatic carbocycles. The number of ether oxygens (including phenoxy) is 1. The Hall–Kier alpha value is -0.750. The fourth-order valence-corrected chi connectivity index (χ4v) is 2.69. The van der Waals surface area contributed by atoms with Crippen LogP contribution in [0, 0.1) is 5.92 Å². The molecule has 0 bridgehead atoms. The third-order valence-corrected chi connectivity index (χ3v) is 3.96. The Morgan fingerprint density at radius 3 is 2.68 bits per heavy atom. The van der Waals surface area contributed by atoms with Crippen molar-refractivity contribution in [2.24, 2.45) is 5.92 Å². The minimum absolute atomic E-state index is 0.159. The maximum absolute atomic E-state index is 11.8. The Balaban J connectivity index is 2.24. The van der Waals surface area contributed by atoms with Gasteiger partial charge in [0, 0.05) is 13.0 Å². The molecule has 0 spiro atoms. The minimum Gasteiger partial charge on any atom is -0.480 e. The zero-order valence-electron chi connectivity index (χ0n) is 11.6. The van der Waals surface area contributed by atoms with Crippen molar-refractivity contribution in [3.63, 3.8) is 0 Å². The van der Waals surface area contributed by atoms with Crippen molar-refractivity contribution >= 4 is 23.6 Å². The number of hydrogen-bond acceptors (Lipinski definition) is 4. The Morgan fingerprint density at radius 2 is 2.16 bits per heavy atom. The van der Waals surface area contributed by atoms with Gasteiger partial charge in [-0.1, -0.05) is 0 Å². The second-order valence-electron chi connectivity index (χ2n) is 4.86. The second-order valence-corrected chi connectivity index (χ2v) is 5.84. The summed E-state index contributed by atoms with van der Waals surface area (Å²) in [6, 6.07) is -0.761. The highest BCUT2D eigenvalue weighted by molar-refractivity contribution is 7.98. The number of nitrogens with one attached hydrogen (secondary N) is 1. The predicted molar refractivity (Wildman–Crippen MR) is 75.3 cm³/mol. The molecule has 1 aliphatic rings. The van der Waals surface area contributed by atoms with Crippen molar-refractivity contribution in [2.75, 3.05) is 18.6 Å². The number of hydrogen-bond donors (Lipinski definition) is 2. The quantitative estimate of drug-likeness (QED) is 0.673. The molecule has 0 unspecified atom stereocenters. The lowest BCUT2D eigenvalue weighted by molar-refractivity contribution is -0.142. The van der Waals surface area contributed by atoms with Crippen molar-refractivity contribution in [2.45, 2.75) is 44.8 Å². The Kier molecular flexibility index (Phi) is 7.23. The summed E-state index contributed by atoms with van der Waals surface area (Å²) in [7, 11) is 0. The Bertz CT molecular complexity index is 305. The molecule has 0 aromatic heterocycles. The molecular formula is C13H23NO4S. The monoisotopic (exact) mass is 289 g/mol. The molecule has 0 saturated heterocycles.